The summed E-state index contributed by atoms with van der Waals surface area (Å²) in [6.07, 6.45) is 13.7. The van der Waals surface area contributed by atoms with E-state index in [1.807, 2.05) is 48.5 Å². The second-order valence-electron chi connectivity index (χ2n) is 18.4. The first-order chi connectivity index (χ1) is 25.0. The largest absolute Gasteiger partial charge is 0.392 e. The van der Waals surface area contributed by atoms with E-state index in [2.05, 4.69) is 41.6 Å². The van der Waals surface area contributed by atoms with E-state index in [4.69, 9.17) is 9.47 Å². The lowest BCUT2D eigenvalue weighted by Crippen LogP contribution is -2.61. The normalized spacial score (nSPS) is 35.8. The van der Waals surface area contributed by atoms with E-state index in [1.165, 1.54) is 38.5 Å². The summed E-state index contributed by atoms with van der Waals surface area (Å²) in [6.45, 7) is 6.80. The SMILES string of the molecule is CC(C)(C)NC(=O)C1CCC2CCCCC2N1CC1CC(c2ccc(CO)cc2)OC(c2cccc(NC(=O)NC34CC5CC(CC(C5)C3)C4)c2)O1. The number of carbonyl (C=O) groups excluding carboxylic acids is 2. The minimum Gasteiger partial charge on any atom is -0.392 e. The molecule has 7 fully saturated rings. The van der Waals surface area contributed by atoms with Gasteiger partial charge in [-0.25, -0.2) is 4.79 Å². The van der Waals surface area contributed by atoms with Gasteiger partial charge in [-0.15, -0.1) is 0 Å². The highest BCUT2D eigenvalue weighted by Crippen LogP contribution is 2.55. The maximum Gasteiger partial charge on any atom is 0.319 e. The maximum atomic E-state index is 13.8. The van der Waals surface area contributed by atoms with Crippen LogP contribution in [0.5, 0.6) is 0 Å². The van der Waals surface area contributed by atoms with Gasteiger partial charge in [-0.3, -0.25) is 9.69 Å². The lowest BCUT2D eigenvalue weighted by Gasteiger charge is -2.56. The molecule has 6 atom stereocenters. The van der Waals surface area contributed by atoms with Crippen molar-refractivity contribution in [2.24, 2.45) is 23.7 Å². The van der Waals surface area contributed by atoms with Crippen LogP contribution in [0.2, 0.25) is 0 Å². The van der Waals surface area contributed by atoms with Gasteiger partial charge in [0.05, 0.1) is 24.9 Å². The molecular formula is C43H60N4O5. The zero-order valence-electron chi connectivity index (χ0n) is 31.4. The molecule has 2 saturated heterocycles. The van der Waals surface area contributed by atoms with Crippen molar-refractivity contribution in [3.8, 4) is 0 Å². The second kappa shape index (κ2) is 14.7. The van der Waals surface area contributed by atoms with E-state index < -0.39 is 6.29 Å². The van der Waals surface area contributed by atoms with Crippen molar-refractivity contribution in [2.45, 2.75) is 153 Å². The number of carbonyl (C=O) groups is 2. The quantitative estimate of drug-likeness (QED) is 0.223. The number of urea groups is 1. The standard InChI is InChI=1S/C43H60N4O5/c1-42(2,3)45-39(49)37-16-15-31-7-4-5-10-36(31)47(37)25-35-21-38(32-13-11-27(26-48)12-14-32)52-40(51-35)33-8-6-9-34(20-33)44-41(50)46-43-22-28-17-29(23-43)19-30(18-28)24-43/h6,8-9,11-14,20,28-31,35-38,40,48H,4-5,7,10,15-19,21-26H2,1-3H3,(H,45,49)(H2,44,46,50). The number of nitrogens with one attached hydrogen (secondary N) is 3. The van der Waals surface area contributed by atoms with E-state index in [9.17, 15) is 14.7 Å². The zero-order chi connectivity index (χ0) is 36.0. The van der Waals surface area contributed by atoms with Gasteiger partial charge in [0.25, 0.3) is 0 Å². The first kappa shape index (κ1) is 36.0. The maximum absolute atomic E-state index is 13.8. The van der Waals surface area contributed by atoms with E-state index >= 15 is 0 Å². The number of ether oxygens (including phenoxy) is 2. The zero-order valence-corrected chi connectivity index (χ0v) is 31.4. The molecule has 282 valence electrons. The van der Waals surface area contributed by atoms with Crippen LogP contribution < -0.4 is 16.0 Å². The third kappa shape index (κ3) is 7.94. The van der Waals surface area contributed by atoms with Gasteiger partial charge in [-0.05, 0) is 132 Å². The topological polar surface area (TPSA) is 112 Å². The molecule has 7 aliphatic rings. The fourth-order valence-electron chi connectivity index (χ4n) is 11.4. The molecule has 3 amide bonds. The highest BCUT2D eigenvalue weighted by molar-refractivity contribution is 5.90. The number of fused-ring (bicyclic) bond motifs is 1. The van der Waals surface area contributed by atoms with Gasteiger partial charge in [-0.2, -0.15) is 0 Å². The van der Waals surface area contributed by atoms with Crippen LogP contribution in [0.4, 0.5) is 10.5 Å². The Labute approximate surface area is 310 Å². The molecule has 2 aromatic rings. The number of piperidine rings is 1. The molecule has 9 nitrogen and oxygen atoms in total. The van der Waals surface area contributed by atoms with E-state index in [0.717, 1.165) is 78.7 Å². The Balaban J connectivity index is 1.02. The van der Waals surface area contributed by atoms with Gasteiger partial charge in [-0.1, -0.05) is 49.2 Å². The van der Waals surface area contributed by atoms with Gasteiger partial charge in [0.1, 0.15) is 0 Å². The molecule has 4 bridgehead atoms. The van der Waals surface area contributed by atoms with Crippen LogP contribution in [0.1, 0.15) is 133 Å². The summed E-state index contributed by atoms with van der Waals surface area (Å²) in [6, 6.07) is 15.9. The molecule has 52 heavy (non-hydrogen) atoms. The number of likely N-dealkylation sites (tertiary alicyclic amines) is 1. The summed E-state index contributed by atoms with van der Waals surface area (Å²) < 4.78 is 13.6. The lowest BCUT2D eigenvalue weighted by molar-refractivity contribution is -0.255. The summed E-state index contributed by atoms with van der Waals surface area (Å²) in [4.78, 5) is 29.8. The van der Waals surface area contributed by atoms with E-state index in [-0.39, 0.29) is 47.9 Å². The lowest BCUT2D eigenvalue weighted by atomic mass is 9.53. The average molecular weight is 713 g/mol. The van der Waals surface area contributed by atoms with Crippen molar-refractivity contribution in [3.05, 3.63) is 65.2 Å². The molecule has 0 radical (unpaired) electrons. The monoisotopic (exact) mass is 712 g/mol. The fourth-order valence-corrected chi connectivity index (χ4v) is 11.4. The number of hydrogen-bond donors (Lipinski definition) is 4. The Morgan fingerprint density at radius 2 is 1.58 bits per heavy atom. The molecule has 6 unspecified atom stereocenters. The van der Waals surface area contributed by atoms with E-state index in [0.29, 0.717) is 24.9 Å². The third-order valence-electron chi connectivity index (χ3n) is 13.2. The Bertz CT molecular complexity index is 1550. The molecule has 4 N–H and O–H groups in total. The summed E-state index contributed by atoms with van der Waals surface area (Å²) in [5.74, 6) is 2.99. The van der Waals surface area contributed by atoms with Crippen molar-refractivity contribution in [1.82, 2.24) is 15.5 Å². The number of aliphatic hydroxyl groups is 1. The predicted octanol–water partition coefficient (Wildman–Crippen LogP) is 7.75. The van der Waals surface area contributed by atoms with Crippen molar-refractivity contribution in [2.75, 3.05) is 11.9 Å². The van der Waals surface area contributed by atoms with Crippen LogP contribution in [0.15, 0.2) is 48.5 Å². The fraction of sp³-hybridized carbons (Fsp3) is 0.674. The molecule has 0 aromatic heterocycles. The predicted molar refractivity (Wildman–Crippen MR) is 201 cm³/mol. The van der Waals surface area contributed by atoms with Gasteiger partial charge >= 0.3 is 6.03 Å². The number of hydrogen-bond acceptors (Lipinski definition) is 6. The van der Waals surface area contributed by atoms with Gasteiger partial charge in [0, 0.05) is 41.3 Å². The van der Waals surface area contributed by atoms with Gasteiger partial charge in [0.15, 0.2) is 6.29 Å². The van der Waals surface area contributed by atoms with Crippen molar-refractivity contribution in [3.63, 3.8) is 0 Å². The van der Waals surface area contributed by atoms with Gasteiger partial charge in [0.2, 0.25) is 5.91 Å². The van der Waals surface area contributed by atoms with Crippen LogP contribution in [0.3, 0.4) is 0 Å². The second-order valence-corrected chi connectivity index (χ2v) is 18.4. The van der Waals surface area contributed by atoms with Crippen LogP contribution in [0, 0.1) is 23.7 Å². The molecule has 2 aromatic carbocycles. The smallest absolute Gasteiger partial charge is 0.319 e. The molecule has 5 saturated carbocycles. The van der Waals surface area contributed by atoms with Crippen molar-refractivity contribution >= 4 is 17.6 Å². The number of nitrogens with zero attached hydrogens (tertiary/aromatic N) is 1. The molecule has 9 heteroatoms. The summed E-state index contributed by atoms with van der Waals surface area (Å²) >= 11 is 0. The first-order valence-electron chi connectivity index (χ1n) is 20.3. The minimum absolute atomic E-state index is 0.00800. The number of aliphatic hydroxyl groups excluding tert-OH is 1. The number of amides is 3. The van der Waals surface area contributed by atoms with Crippen LogP contribution in [0.25, 0.3) is 0 Å². The molecule has 9 rings (SSSR count). The average Bonchev–Trinajstić information content (AvgIpc) is 3.10. The molecule has 0 spiro atoms. The van der Waals surface area contributed by atoms with Crippen LogP contribution >= 0.6 is 0 Å². The third-order valence-corrected chi connectivity index (χ3v) is 13.2. The van der Waals surface area contributed by atoms with Crippen molar-refractivity contribution in [1.29, 1.82) is 0 Å². The summed E-state index contributed by atoms with van der Waals surface area (Å²) in [5, 5.41) is 19.6. The summed E-state index contributed by atoms with van der Waals surface area (Å²) in [5.41, 5.74) is 3.10. The Kier molecular flexibility index (Phi) is 10.2. The Hall–Kier alpha value is -2.98. The first-order valence-corrected chi connectivity index (χ1v) is 20.3. The Morgan fingerprint density at radius 3 is 2.27 bits per heavy atom. The molecule has 5 aliphatic carbocycles. The summed E-state index contributed by atoms with van der Waals surface area (Å²) in [7, 11) is 0. The number of rotatable bonds is 8. The number of anilines is 1. The minimum atomic E-state index is -0.650. The molecule has 2 aliphatic heterocycles. The van der Waals surface area contributed by atoms with Crippen LogP contribution in [-0.2, 0) is 20.9 Å². The highest BCUT2D eigenvalue weighted by Gasteiger charge is 2.51. The van der Waals surface area contributed by atoms with E-state index in [1.54, 1.807) is 0 Å². The molecule has 2 heterocycles. The molecular weight excluding hydrogens is 652 g/mol. The van der Waals surface area contributed by atoms with Crippen molar-refractivity contribution < 1.29 is 24.2 Å². The Morgan fingerprint density at radius 1 is 0.865 bits per heavy atom. The number of benzene rings is 2. The van der Waals surface area contributed by atoms with Crippen LogP contribution in [-0.4, -0.2) is 57.8 Å². The highest BCUT2D eigenvalue weighted by atomic mass is 16.7. The van der Waals surface area contributed by atoms with Gasteiger partial charge < -0.3 is 30.5 Å².